The van der Waals surface area contributed by atoms with Gasteiger partial charge in [-0.1, -0.05) is 19.8 Å². The summed E-state index contributed by atoms with van der Waals surface area (Å²) in [5.74, 6) is 1.34. The predicted octanol–water partition coefficient (Wildman–Crippen LogP) is 2.84. The van der Waals surface area contributed by atoms with Gasteiger partial charge in [-0.25, -0.2) is 0 Å². The average Bonchev–Trinajstić information content (AvgIpc) is 2.72. The van der Waals surface area contributed by atoms with E-state index in [0.29, 0.717) is 17.5 Å². The third kappa shape index (κ3) is 2.72. The fraction of sp³-hybridized carbons (Fsp3) is 0.583. The van der Waals surface area contributed by atoms with Gasteiger partial charge in [-0.2, -0.15) is 0 Å². The summed E-state index contributed by atoms with van der Waals surface area (Å²) < 4.78 is 0. The van der Waals surface area contributed by atoms with Gasteiger partial charge < -0.3 is 5.32 Å². The van der Waals surface area contributed by atoms with Crippen molar-refractivity contribution in [3.05, 3.63) is 28.6 Å². The zero-order valence-electron chi connectivity index (χ0n) is 9.93. The molecule has 1 aromatic rings. The van der Waals surface area contributed by atoms with E-state index in [1.807, 2.05) is 0 Å². The van der Waals surface area contributed by atoms with E-state index >= 15 is 0 Å². The van der Waals surface area contributed by atoms with Crippen LogP contribution >= 0.6 is 0 Å². The van der Waals surface area contributed by atoms with E-state index in [4.69, 9.17) is 0 Å². The first kappa shape index (κ1) is 11.8. The molecule has 2 atom stereocenters. The van der Waals surface area contributed by atoms with Gasteiger partial charge in [0.05, 0.1) is 4.92 Å². The molecule has 1 aliphatic rings. The first-order chi connectivity index (χ1) is 8.18. The maximum Gasteiger partial charge on any atom is 0.310 e. The number of nitro groups is 1. The number of nitrogens with zero attached hydrogens (tertiary/aromatic N) is 2. The minimum Gasteiger partial charge on any atom is -0.379 e. The molecule has 0 saturated heterocycles. The first-order valence-electron chi connectivity index (χ1n) is 6.00. The maximum absolute atomic E-state index is 10.8. The molecule has 92 valence electrons. The third-order valence-corrected chi connectivity index (χ3v) is 3.59. The highest BCUT2D eigenvalue weighted by atomic mass is 16.6. The minimum absolute atomic E-state index is 0.0538. The average molecular weight is 235 g/mol. The van der Waals surface area contributed by atoms with E-state index in [1.54, 1.807) is 12.3 Å². The van der Waals surface area contributed by atoms with E-state index < -0.39 is 4.92 Å². The lowest BCUT2D eigenvalue weighted by Crippen LogP contribution is -2.17. The molecular formula is C12H17N3O2. The van der Waals surface area contributed by atoms with Gasteiger partial charge in [-0.3, -0.25) is 15.1 Å². The zero-order valence-corrected chi connectivity index (χ0v) is 9.93. The Hall–Kier alpha value is -1.65. The summed E-state index contributed by atoms with van der Waals surface area (Å²) in [6.45, 7) is 3.06. The largest absolute Gasteiger partial charge is 0.379 e. The lowest BCUT2D eigenvalue weighted by molar-refractivity contribution is -0.384. The van der Waals surface area contributed by atoms with Crippen molar-refractivity contribution >= 4 is 11.4 Å². The molecule has 1 N–H and O–H groups in total. The van der Waals surface area contributed by atoms with E-state index in [0.717, 1.165) is 6.54 Å². The van der Waals surface area contributed by atoms with Crippen LogP contribution in [-0.2, 0) is 0 Å². The zero-order chi connectivity index (χ0) is 12.3. The first-order valence-corrected chi connectivity index (χ1v) is 6.00. The number of pyridine rings is 1. The van der Waals surface area contributed by atoms with Crippen LogP contribution in [-0.4, -0.2) is 16.5 Å². The second kappa shape index (κ2) is 5.12. The van der Waals surface area contributed by atoms with Crippen LogP contribution in [0.4, 0.5) is 11.4 Å². The van der Waals surface area contributed by atoms with Crippen LogP contribution in [0.2, 0.25) is 0 Å². The molecule has 1 heterocycles. The van der Waals surface area contributed by atoms with Gasteiger partial charge in [0.25, 0.3) is 0 Å². The van der Waals surface area contributed by atoms with Crippen molar-refractivity contribution in [3.8, 4) is 0 Å². The maximum atomic E-state index is 10.8. The summed E-state index contributed by atoms with van der Waals surface area (Å²) in [6.07, 6.45) is 6.62. The fourth-order valence-electron chi connectivity index (χ4n) is 2.45. The molecule has 1 aliphatic carbocycles. The Morgan fingerprint density at radius 3 is 3.06 bits per heavy atom. The quantitative estimate of drug-likeness (QED) is 0.643. The smallest absolute Gasteiger partial charge is 0.310 e. The van der Waals surface area contributed by atoms with E-state index in [-0.39, 0.29) is 5.69 Å². The minimum atomic E-state index is -0.395. The van der Waals surface area contributed by atoms with Crippen molar-refractivity contribution in [2.24, 2.45) is 11.8 Å². The highest BCUT2D eigenvalue weighted by molar-refractivity contribution is 5.59. The predicted molar refractivity (Wildman–Crippen MR) is 65.9 cm³/mol. The summed E-state index contributed by atoms with van der Waals surface area (Å²) in [4.78, 5) is 14.2. The molecule has 5 nitrogen and oxygen atoms in total. The lowest BCUT2D eigenvalue weighted by Gasteiger charge is -2.16. The molecule has 0 radical (unpaired) electrons. The van der Waals surface area contributed by atoms with Gasteiger partial charge in [0.1, 0.15) is 11.9 Å². The Morgan fingerprint density at radius 1 is 1.59 bits per heavy atom. The van der Waals surface area contributed by atoms with Gasteiger partial charge in [0, 0.05) is 12.7 Å². The molecule has 0 spiro atoms. The standard InChI is InChI=1S/C12H17N3O2/c1-9-3-2-4-10(9)7-14-11-5-6-13-8-12(11)15(16)17/h5-6,8-10H,2-4,7H2,1H3,(H,13,14). The van der Waals surface area contributed by atoms with Crippen molar-refractivity contribution in [3.63, 3.8) is 0 Å². The van der Waals surface area contributed by atoms with Gasteiger partial charge >= 0.3 is 5.69 Å². The van der Waals surface area contributed by atoms with Crippen LogP contribution in [0.1, 0.15) is 26.2 Å². The monoisotopic (exact) mass is 235 g/mol. The molecule has 17 heavy (non-hydrogen) atoms. The van der Waals surface area contributed by atoms with Crippen LogP contribution in [0.5, 0.6) is 0 Å². The summed E-state index contributed by atoms with van der Waals surface area (Å²) in [5.41, 5.74) is 0.627. The second-order valence-electron chi connectivity index (χ2n) is 4.70. The molecular weight excluding hydrogens is 218 g/mol. The van der Waals surface area contributed by atoms with Gasteiger partial charge in [0.15, 0.2) is 0 Å². The van der Waals surface area contributed by atoms with Crippen molar-refractivity contribution in [1.29, 1.82) is 0 Å². The fourth-order valence-corrected chi connectivity index (χ4v) is 2.45. The van der Waals surface area contributed by atoms with Crippen molar-refractivity contribution in [1.82, 2.24) is 4.98 Å². The van der Waals surface area contributed by atoms with Crippen molar-refractivity contribution < 1.29 is 4.92 Å². The number of hydrogen-bond acceptors (Lipinski definition) is 4. The van der Waals surface area contributed by atoms with E-state index in [1.165, 1.54) is 25.5 Å². The van der Waals surface area contributed by atoms with Crippen LogP contribution < -0.4 is 5.32 Å². The molecule has 0 bridgehead atoms. The molecule has 2 rings (SSSR count). The van der Waals surface area contributed by atoms with Crippen LogP contribution in [0.15, 0.2) is 18.5 Å². The Balaban J connectivity index is 2.01. The number of aromatic nitrogens is 1. The molecule has 1 aromatic heterocycles. The molecule has 0 aromatic carbocycles. The van der Waals surface area contributed by atoms with Crippen molar-refractivity contribution in [2.45, 2.75) is 26.2 Å². The second-order valence-corrected chi connectivity index (χ2v) is 4.70. The van der Waals surface area contributed by atoms with Gasteiger partial charge in [0.2, 0.25) is 0 Å². The highest BCUT2D eigenvalue weighted by Crippen LogP contribution is 2.32. The Kier molecular flexibility index (Phi) is 3.56. The summed E-state index contributed by atoms with van der Waals surface area (Å²) in [6, 6.07) is 1.66. The third-order valence-electron chi connectivity index (χ3n) is 3.59. The van der Waals surface area contributed by atoms with Crippen molar-refractivity contribution in [2.75, 3.05) is 11.9 Å². The highest BCUT2D eigenvalue weighted by Gasteiger charge is 2.23. The molecule has 0 amide bonds. The molecule has 5 heteroatoms. The number of hydrogen-bond donors (Lipinski definition) is 1. The molecule has 1 saturated carbocycles. The topological polar surface area (TPSA) is 68.1 Å². The summed E-state index contributed by atoms with van der Waals surface area (Å²) in [7, 11) is 0. The van der Waals surface area contributed by atoms with Crippen LogP contribution in [0, 0.1) is 22.0 Å². The molecule has 0 aliphatic heterocycles. The summed E-state index contributed by atoms with van der Waals surface area (Å²) >= 11 is 0. The van der Waals surface area contributed by atoms with Crippen LogP contribution in [0.25, 0.3) is 0 Å². The number of rotatable bonds is 4. The Labute approximate surface area is 100 Å². The number of nitrogens with one attached hydrogen (secondary N) is 1. The Bertz CT molecular complexity index is 408. The van der Waals surface area contributed by atoms with Gasteiger partial charge in [-0.05, 0) is 24.3 Å². The van der Waals surface area contributed by atoms with Gasteiger partial charge in [-0.15, -0.1) is 0 Å². The number of anilines is 1. The normalized spacial score (nSPS) is 23.6. The summed E-state index contributed by atoms with van der Waals surface area (Å²) in [5, 5.41) is 14.0. The Morgan fingerprint density at radius 2 is 2.41 bits per heavy atom. The lowest BCUT2D eigenvalue weighted by atomic mass is 9.98. The van der Waals surface area contributed by atoms with E-state index in [2.05, 4.69) is 17.2 Å². The molecule has 1 fully saturated rings. The SMILES string of the molecule is CC1CCCC1CNc1ccncc1[N+](=O)[O-]. The van der Waals surface area contributed by atoms with E-state index in [9.17, 15) is 10.1 Å². The molecule has 2 unspecified atom stereocenters. The van der Waals surface area contributed by atoms with Crippen LogP contribution in [0.3, 0.4) is 0 Å².